The Balaban J connectivity index is 1.57. The molecule has 0 saturated carbocycles. The van der Waals surface area contributed by atoms with Crippen LogP contribution in [0.4, 0.5) is 0 Å². The number of nitrogens with one attached hydrogen (secondary N) is 1. The molecule has 1 aliphatic rings. The molecule has 3 heterocycles. The summed E-state index contributed by atoms with van der Waals surface area (Å²) >= 11 is 6.23. The minimum atomic E-state index is -0.294. The van der Waals surface area contributed by atoms with Crippen molar-refractivity contribution in [3.8, 4) is 0 Å². The Morgan fingerprint density at radius 1 is 1.21 bits per heavy atom. The standard InChI is InChI=1S/C21H20ClN3O3/c22-16-7-2-1-6-14(16)12-15-13-23-20(28-15)18-9-3-4-11-25(18)21(27)17-8-5-10-19(26)24-17/h1-2,5-8,10,13,18H,3-4,9,11-12H2,(H,24,26)/t18-/m1/s1. The summed E-state index contributed by atoms with van der Waals surface area (Å²) in [6.45, 7) is 0.600. The van der Waals surface area contributed by atoms with E-state index in [0.29, 0.717) is 29.6 Å². The third-order valence-electron chi connectivity index (χ3n) is 4.94. The average molecular weight is 398 g/mol. The molecule has 7 heteroatoms. The molecule has 0 bridgehead atoms. The van der Waals surface area contributed by atoms with Crippen molar-refractivity contribution in [2.75, 3.05) is 6.54 Å². The van der Waals surface area contributed by atoms with Gasteiger partial charge in [0.15, 0.2) is 0 Å². The first-order valence-corrected chi connectivity index (χ1v) is 9.68. The highest BCUT2D eigenvalue weighted by molar-refractivity contribution is 6.31. The summed E-state index contributed by atoms with van der Waals surface area (Å²) in [5, 5.41) is 0.683. The highest BCUT2D eigenvalue weighted by atomic mass is 35.5. The summed E-state index contributed by atoms with van der Waals surface area (Å²) in [4.78, 5) is 33.3. The number of hydrogen-bond donors (Lipinski definition) is 1. The van der Waals surface area contributed by atoms with Crippen LogP contribution in [0.5, 0.6) is 0 Å². The third kappa shape index (κ3) is 3.87. The predicted molar refractivity (Wildman–Crippen MR) is 105 cm³/mol. The molecule has 0 spiro atoms. The second-order valence-corrected chi connectivity index (χ2v) is 7.28. The second-order valence-electron chi connectivity index (χ2n) is 6.87. The normalized spacial score (nSPS) is 16.9. The van der Waals surface area contributed by atoms with Crippen LogP contribution in [0.25, 0.3) is 0 Å². The predicted octanol–water partition coefficient (Wildman–Crippen LogP) is 3.97. The van der Waals surface area contributed by atoms with Crippen LogP contribution in [0.2, 0.25) is 5.02 Å². The van der Waals surface area contributed by atoms with E-state index >= 15 is 0 Å². The number of carbonyl (C=O) groups excluding carboxylic acids is 1. The number of aromatic amines is 1. The maximum Gasteiger partial charge on any atom is 0.271 e. The van der Waals surface area contributed by atoms with Gasteiger partial charge in [0.2, 0.25) is 11.4 Å². The molecule has 144 valence electrons. The van der Waals surface area contributed by atoms with E-state index in [1.807, 2.05) is 24.3 Å². The molecule has 1 fully saturated rings. The third-order valence-corrected chi connectivity index (χ3v) is 5.31. The SMILES string of the molecule is O=C(c1cccc(=O)[nH]1)N1CCCC[C@@H]1c1ncc(Cc2ccccc2Cl)o1. The number of halogens is 1. The van der Waals surface area contributed by atoms with Gasteiger partial charge in [-0.3, -0.25) is 9.59 Å². The van der Waals surface area contributed by atoms with E-state index in [9.17, 15) is 9.59 Å². The smallest absolute Gasteiger partial charge is 0.271 e. The van der Waals surface area contributed by atoms with E-state index in [-0.39, 0.29) is 23.2 Å². The maximum absolute atomic E-state index is 12.9. The lowest BCUT2D eigenvalue weighted by Gasteiger charge is -2.33. The molecular weight excluding hydrogens is 378 g/mol. The van der Waals surface area contributed by atoms with E-state index in [1.54, 1.807) is 23.2 Å². The van der Waals surface area contributed by atoms with Gasteiger partial charge in [0, 0.05) is 24.1 Å². The number of hydrogen-bond acceptors (Lipinski definition) is 4. The van der Waals surface area contributed by atoms with E-state index in [0.717, 1.165) is 24.8 Å². The Kier molecular flexibility index (Phi) is 5.30. The molecule has 6 nitrogen and oxygen atoms in total. The molecule has 1 aromatic carbocycles. The zero-order valence-electron chi connectivity index (χ0n) is 15.2. The van der Waals surface area contributed by atoms with Gasteiger partial charge in [0.25, 0.3) is 5.91 Å². The molecule has 1 amide bonds. The number of likely N-dealkylation sites (tertiary alicyclic amines) is 1. The summed E-state index contributed by atoms with van der Waals surface area (Å²) in [5.74, 6) is 1.01. The number of benzene rings is 1. The van der Waals surface area contributed by atoms with Gasteiger partial charge in [-0.15, -0.1) is 0 Å². The molecule has 3 aromatic rings. The number of nitrogens with zero attached hydrogens (tertiary/aromatic N) is 2. The van der Waals surface area contributed by atoms with Gasteiger partial charge in [-0.1, -0.05) is 35.9 Å². The first kappa shape index (κ1) is 18.5. The molecule has 2 aromatic heterocycles. The molecule has 1 N–H and O–H groups in total. The summed E-state index contributed by atoms with van der Waals surface area (Å²) in [6.07, 6.45) is 4.91. The van der Waals surface area contributed by atoms with Gasteiger partial charge in [0.1, 0.15) is 17.5 Å². The number of amides is 1. The van der Waals surface area contributed by atoms with Gasteiger partial charge in [-0.2, -0.15) is 0 Å². The Morgan fingerprint density at radius 3 is 2.89 bits per heavy atom. The molecule has 0 aliphatic carbocycles. The maximum atomic E-state index is 12.9. The fourth-order valence-electron chi connectivity index (χ4n) is 3.55. The van der Waals surface area contributed by atoms with Crippen LogP contribution in [0.3, 0.4) is 0 Å². The van der Waals surface area contributed by atoms with Gasteiger partial charge in [-0.25, -0.2) is 4.98 Å². The van der Waals surface area contributed by atoms with Crippen molar-refractivity contribution < 1.29 is 9.21 Å². The number of carbonyl (C=O) groups is 1. The zero-order valence-corrected chi connectivity index (χ0v) is 16.0. The molecule has 28 heavy (non-hydrogen) atoms. The van der Waals surface area contributed by atoms with Gasteiger partial charge < -0.3 is 14.3 Å². The Bertz CT molecular complexity index is 1040. The molecule has 0 unspecified atom stereocenters. The Morgan fingerprint density at radius 2 is 2.07 bits per heavy atom. The van der Waals surface area contributed by atoms with Crippen LogP contribution in [0.1, 0.15) is 53.0 Å². The van der Waals surface area contributed by atoms with Crippen molar-refractivity contribution in [2.24, 2.45) is 0 Å². The zero-order chi connectivity index (χ0) is 19.5. The van der Waals surface area contributed by atoms with Crippen LogP contribution >= 0.6 is 11.6 Å². The lowest BCUT2D eigenvalue weighted by Crippen LogP contribution is -2.39. The van der Waals surface area contributed by atoms with Crippen molar-refractivity contribution in [3.63, 3.8) is 0 Å². The molecule has 0 radical (unpaired) electrons. The van der Waals surface area contributed by atoms with Crippen LogP contribution in [0.15, 0.2) is 57.9 Å². The number of H-pyrrole nitrogens is 1. The highest BCUT2D eigenvalue weighted by Crippen LogP contribution is 2.32. The summed E-state index contributed by atoms with van der Waals surface area (Å²) in [7, 11) is 0. The number of oxazole rings is 1. The lowest BCUT2D eigenvalue weighted by molar-refractivity contribution is 0.0563. The Labute approximate surface area is 167 Å². The first-order valence-electron chi connectivity index (χ1n) is 9.30. The number of rotatable bonds is 4. The van der Waals surface area contributed by atoms with Crippen molar-refractivity contribution in [1.29, 1.82) is 0 Å². The van der Waals surface area contributed by atoms with Crippen molar-refractivity contribution in [1.82, 2.24) is 14.9 Å². The number of piperidine rings is 1. The minimum Gasteiger partial charge on any atom is -0.443 e. The van der Waals surface area contributed by atoms with E-state index < -0.39 is 0 Å². The topological polar surface area (TPSA) is 79.2 Å². The number of pyridine rings is 1. The molecule has 1 aliphatic heterocycles. The summed E-state index contributed by atoms with van der Waals surface area (Å²) < 4.78 is 5.99. The minimum absolute atomic E-state index is 0.215. The monoisotopic (exact) mass is 397 g/mol. The summed E-state index contributed by atoms with van der Waals surface area (Å²) in [5.41, 5.74) is 0.949. The van der Waals surface area contributed by atoms with Crippen LogP contribution < -0.4 is 5.56 Å². The van der Waals surface area contributed by atoms with Crippen molar-refractivity contribution >= 4 is 17.5 Å². The van der Waals surface area contributed by atoms with Crippen LogP contribution in [0, 0.1) is 0 Å². The van der Waals surface area contributed by atoms with Crippen molar-refractivity contribution in [2.45, 2.75) is 31.7 Å². The average Bonchev–Trinajstić information content (AvgIpc) is 3.18. The fraction of sp³-hybridized carbons (Fsp3) is 0.286. The van der Waals surface area contributed by atoms with E-state index in [1.165, 1.54) is 6.07 Å². The Hall–Kier alpha value is -2.86. The summed E-state index contributed by atoms with van der Waals surface area (Å²) in [6, 6.07) is 12.0. The van der Waals surface area contributed by atoms with Gasteiger partial charge >= 0.3 is 0 Å². The largest absolute Gasteiger partial charge is 0.443 e. The molecule has 1 atom stereocenters. The van der Waals surface area contributed by atoms with Gasteiger partial charge in [-0.05, 0) is 37.0 Å². The second kappa shape index (κ2) is 8.02. The highest BCUT2D eigenvalue weighted by Gasteiger charge is 2.32. The van der Waals surface area contributed by atoms with Crippen LogP contribution in [-0.4, -0.2) is 27.3 Å². The van der Waals surface area contributed by atoms with Crippen LogP contribution in [-0.2, 0) is 6.42 Å². The van der Waals surface area contributed by atoms with Crippen molar-refractivity contribution in [3.05, 3.63) is 86.9 Å². The quantitative estimate of drug-likeness (QED) is 0.722. The number of aromatic nitrogens is 2. The van der Waals surface area contributed by atoms with E-state index in [2.05, 4.69) is 9.97 Å². The van der Waals surface area contributed by atoms with Gasteiger partial charge in [0.05, 0.1) is 6.20 Å². The molecule has 4 rings (SSSR count). The lowest BCUT2D eigenvalue weighted by atomic mass is 10.0. The molecule has 1 saturated heterocycles. The molecular formula is C21H20ClN3O3. The fourth-order valence-corrected chi connectivity index (χ4v) is 3.75. The van der Waals surface area contributed by atoms with E-state index in [4.69, 9.17) is 16.0 Å². The first-order chi connectivity index (χ1) is 13.6.